The van der Waals surface area contributed by atoms with E-state index in [0.717, 1.165) is 23.5 Å². The van der Waals surface area contributed by atoms with E-state index in [-0.39, 0.29) is 16.3 Å². The third kappa shape index (κ3) is 3.81. The maximum Gasteiger partial charge on any atom is 0.265 e. The molecule has 0 aliphatic rings. The highest BCUT2D eigenvalue weighted by Gasteiger charge is 2.23. The molecule has 0 bridgehead atoms. The minimum Gasteiger partial charge on any atom is -0.495 e. The van der Waals surface area contributed by atoms with E-state index in [4.69, 9.17) is 4.74 Å². The Labute approximate surface area is 177 Å². The molecule has 10 heteroatoms. The number of anilines is 1. The van der Waals surface area contributed by atoms with Crippen molar-refractivity contribution in [1.29, 1.82) is 0 Å². The van der Waals surface area contributed by atoms with E-state index >= 15 is 0 Å². The summed E-state index contributed by atoms with van der Waals surface area (Å²) in [6.45, 7) is 3.75. The number of rotatable bonds is 5. The van der Waals surface area contributed by atoms with Gasteiger partial charge in [-0.3, -0.25) is 4.72 Å². The van der Waals surface area contributed by atoms with Crippen molar-refractivity contribution in [3.63, 3.8) is 0 Å². The number of methoxy groups -OCH3 is 1. The van der Waals surface area contributed by atoms with Gasteiger partial charge in [-0.2, -0.15) is 5.10 Å². The lowest BCUT2D eigenvalue weighted by molar-refractivity contribution is 0.403. The molecule has 31 heavy (non-hydrogen) atoms. The molecule has 0 unspecified atom stereocenters. The first-order chi connectivity index (χ1) is 14.7. The lowest BCUT2D eigenvalue weighted by Gasteiger charge is -2.13. The second-order valence-corrected chi connectivity index (χ2v) is 8.58. The number of fused-ring (bicyclic) bond motifs is 1. The van der Waals surface area contributed by atoms with E-state index in [9.17, 15) is 17.2 Å². The van der Waals surface area contributed by atoms with Crippen molar-refractivity contribution in [2.45, 2.75) is 18.7 Å². The zero-order valence-corrected chi connectivity index (χ0v) is 17.7. The van der Waals surface area contributed by atoms with Gasteiger partial charge in [0, 0.05) is 23.0 Å². The maximum atomic E-state index is 14.0. The lowest BCUT2D eigenvalue weighted by atomic mass is 10.1. The molecule has 0 amide bonds. The number of aryl methyl sites for hydroxylation is 2. The summed E-state index contributed by atoms with van der Waals surface area (Å²) in [5, 5.41) is 4.33. The molecule has 160 valence electrons. The van der Waals surface area contributed by atoms with E-state index in [1.807, 2.05) is 19.9 Å². The molecule has 4 rings (SSSR count). The number of halogens is 2. The molecule has 4 aromatic rings. The van der Waals surface area contributed by atoms with Gasteiger partial charge >= 0.3 is 0 Å². The van der Waals surface area contributed by atoms with Crippen LogP contribution in [0, 0.1) is 25.5 Å². The van der Waals surface area contributed by atoms with Gasteiger partial charge in [-0.1, -0.05) is 6.07 Å². The van der Waals surface area contributed by atoms with Crippen LogP contribution in [0.3, 0.4) is 0 Å². The molecule has 0 spiro atoms. The second kappa shape index (κ2) is 7.62. The Morgan fingerprint density at radius 3 is 2.55 bits per heavy atom. The van der Waals surface area contributed by atoms with Crippen molar-refractivity contribution in [3.05, 3.63) is 71.7 Å². The molecule has 0 saturated carbocycles. The summed E-state index contributed by atoms with van der Waals surface area (Å²) in [6, 6.07) is 9.04. The van der Waals surface area contributed by atoms with Crippen molar-refractivity contribution in [2.24, 2.45) is 0 Å². The number of hydrogen-bond acceptors (Lipinski definition) is 5. The average molecular weight is 444 g/mol. The highest BCUT2D eigenvalue weighted by Crippen LogP contribution is 2.33. The van der Waals surface area contributed by atoms with Crippen LogP contribution < -0.4 is 9.46 Å². The molecular formula is C21H18F2N4O3S. The van der Waals surface area contributed by atoms with Crippen LogP contribution in [0.2, 0.25) is 0 Å². The lowest BCUT2D eigenvalue weighted by Crippen LogP contribution is -2.15. The van der Waals surface area contributed by atoms with Gasteiger partial charge in [-0.25, -0.2) is 26.7 Å². The third-order valence-corrected chi connectivity index (χ3v) is 6.10. The fourth-order valence-corrected chi connectivity index (χ4v) is 4.56. The maximum absolute atomic E-state index is 14.0. The van der Waals surface area contributed by atoms with E-state index in [2.05, 4.69) is 14.8 Å². The molecule has 1 N–H and O–H groups in total. The zero-order chi connectivity index (χ0) is 22.3. The van der Waals surface area contributed by atoms with Gasteiger partial charge in [0.2, 0.25) is 0 Å². The van der Waals surface area contributed by atoms with E-state index in [1.54, 1.807) is 16.8 Å². The first-order valence-corrected chi connectivity index (χ1v) is 10.7. The van der Waals surface area contributed by atoms with Crippen LogP contribution in [0.1, 0.15) is 11.4 Å². The van der Waals surface area contributed by atoms with Crippen molar-refractivity contribution < 1.29 is 21.9 Å². The van der Waals surface area contributed by atoms with E-state index in [0.29, 0.717) is 22.8 Å². The second-order valence-electron chi connectivity index (χ2n) is 6.93. The van der Waals surface area contributed by atoms with Crippen LogP contribution in [0.25, 0.3) is 16.8 Å². The topological polar surface area (TPSA) is 85.6 Å². The Morgan fingerprint density at radius 2 is 1.84 bits per heavy atom. The summed E-state index contributed by atoms with van der Waals surface area (Å²) in [4.78, 5) is 4.31. The van der Waals surface area contributed by atoms with Gasteiger partial charge < -0.3 is 4.74 Å². The van der Waals surface area contributed by atoms with Crippen LogP contribution in [0.5, 0.6) is 5.75 Å². The molecule has 2 aromatic carbocycles. The number of hydrogen-bond donors (Lipinski definition) is 1. The highest BCUT2D eigenvalue weighted by atomic mass is 32.2. The smallest absolute Gasteiger partial charge is 0.265 e. The average Bonchev–Trinajstić information content (AvgIpc) is 3.13. The Hall–Kier alpha value is -3.53. The molecule has 0 fully saturated rings. The standard InChI is InChI=1S/C21H18F2N4O3S/c1-12-8-13(2)27-21(25-12)16(11-24-27)14-4-7-19(30-3)20(9-14)31(28,29)26-18-6-5-15(22)10-17(18)23/h4-11,26H,1-3H3. The van der Waals surface area contributed by atoms with Crippen molar-refractivity contribution in [3.8, 4) is 16.9 Å². The zero-order valence-electron chi connectivity index (χ0n) is 16.8. The van der Waals surface area contributed by atoms with Crippen LogP contribution in [0.15, 0.2) is 53.6 Å². The molecule has 0 atom stereocenters. The fraction of sp³-hybridized carbons (Fsp3) is 0.143. The van der Waals surface area contributed by atoms with Gasteiger partial charge in [-0.05, 0) is 49.7 Å². The molecule has 2 aromatic heterocycles. The largest absolute Gasteiger partial charge is 0.495 e. The molecular weight excluding hydrogens is 426 g/mol. The first-order valence-electron chi connectivity index (χ1n) is 9.18. The summed E-state index contributed by atoms with van der Waals surface area (Å²) >= 11 is 0. The Bertz CT molecular complexity index is 1420. The minimum atomic E-state index is -4.26. The van der Waals surface area contributed by atoms with Crippen molar-refractivity contribution in [2.75, 3.05) is 11.8 Å². The van der Waals surface area contributed by atoms with E-state index < -0.39 is 21.7 Å². The van der Waals surface area contributed by atoms with Crippen molar-refractivity contribution in [1.82, 2.24) is 14.6 Å². The number of benzene rings is 2. The number of sulfonamides is 1. The molecule has 0 saturated heterocycles. The molecule has 0 radical (unpaired) electrons. The summed E-state index contributed by atoms with van der Waals surface area (Å²) < 4.78 is 62.2. The van der Waals surface area contributed by atoms with Gasteiger partial charge in [0.15, 0.2) is 5.65 Å². The predicted molar refractivity (Wildman–Crippen MR) is 112 cm³/mol. The SMILES string of the molecule is COc1ccc(-c2cnn3c(C)cc(C)nc23)cc1S(=O)(=O)Nc1ccc(F)cc1F. The molecule has 0 aliphatic heterocycles. The quantitative estimate of drug-likeness (QED) is 0.501. The van der Waals surface area contributed by atoms with Gasteiger partial charge in [0.05, 0.1) is 19.0 Å². The predicted octanol–water partition coefficient (Wildman–Crippen LogP) is 4.10. The Morgan fingerprint density at radius 1 is 1.06 bits per heavy atom. The summed E-state index contributed by atoms with van der Waals surface area (Å²) in [5.74, 6) is -1.78. The third-order valence-electron chi connectivity index (χ3n) is 4.72. The van der Waals surface area contributed by atoms with Crippen LogP contribution in [0.4, 0.5) is 14.5 Å². The Kier molecular flexibility index (Phi) is 5.10. The molecule has 2 heterocycles. The van der Waals surface area contributed by atoms with Crippen molar-refractivity contribution >= 4 is 21.4 Å². The normalized spacial score (nSPS) is 11.6. The highest BCUT2D eigenvalue weighted by molar-refractivity contribution is 7.92. The minimum absolute atomic E-state index is 0.0653. The summed E-state index contributed by atoms with van der Waals surface area (Å²) in [5.41, 5.74) is 3.03. The fourth-order valence-electron chi connectivity index (χ4n) is 3.30. The van der Waals surface area contributed by atoms with Gasteiger partial charge in [-0.15, -0.1) is 0 Å². The van der Waals surface area contributed by atoms with E-state index in [1.165, 1.54) is 19.2 Å². The Balaban J connectivity index is 1.83. The molecule has 0 aliphatic carbocycles. The number of ether oxygens (including phenoxy) is 1. The number of nitrogens with zero attached hydrogens (tertiary/aromatic N) is 3. The summed E-state index contributed by atoms with van der Waals surface area (Å²) in [6.07, 6.45) is 1.60. The number of nitrogens with one attached hydrogen (secondary N) is 1. The molecule has 7 nitrogen and oxygen atoms in total. The van der Waals surface area contributed by atoms with Crippen LogP contribution >= 0.6 is 0 Å². The van der Waals surface area contributed by atoms with Gasteiger partial charge in [0.25, 0.3) is 10.0 Å². The monoisotopic (exact) mass is 444 g/mol. The van der Waals surface area contributed by atoms with Gasteiger partial charge in [0.1, 0.15) is 22.3 Å². The summed E-state index contributed by atoms with van der Waals surface area (Å²) in [7, 11) is -2.93. The van der Waals surface area contributed by atoms with Crippen LogP contribution in [-0.2, 0) is 10.0 Å². The van der Waals surface area contributed by atoms with Crippen LogP contribution in [-0.4, -0.2) is 30.1 Å². The number of aromatic nitrogens is 3. The first kappa shape index (κ1) is 20.7.